The second-order valence-electron chi connectivity index (χ2n) is 6.10. The van der Waals surface area contributed by atoms with E-state index in [0.29, 0.717) is 11.4 Å². The first-order valence-corrected chi connectivity index (χ1v) is 9.13. The van der Waals surface area contributed by atoms with Gasteiger partial charge in [-0.1, -0.05) is 30.3 Å². The monoisotopic (exact) mass is 359 g/mol. The van der Waals surface area contributed by atoms with Crippen LogP contribution in [0.5, 0.6) is 0 Å². The van der Waals surface area contributed by atoms with Crippen LogP contribution in [0.2, 0.25) is 0 Å². The van der Waals surface area contributed by atoms with E-state index in [1.807, 2.05) is 54.6 Å². The standard InChI is InChI=1S/C21H17N3OS/c1-13-12-18-20(22-17-10-8-15(9-11-17)14(2)25)23-19(24-21(18)26-13)16-6-4-3-5-7-16/h3-12H,1-2H3,(H,22,23,24). The molecule has 0 bridgehead atoms. The number of carbonyl (C=O) groups is 1. The molecule has 0 spiro atoms. The number of benzene rings is 2. The number of aromatic nitrogens is 2. The first kappa shape index (κ1) is 16.4. The molecule has 0 aliphatic heterocycles. The van der Waals surface area contributed by atoms with Gasteiger partial charge in [0.1, 0.15) is 10.6 Å². The summed E-state index contributed by atoms with van der Waals surface area (Å²) in [4.78, 5) is 23.1. The molecule has 0 aliphatic rings. The number of anilines is 2. The Bertz CT molecular complexity index is 1090. The number of carbonyl (C=O) groups excluding carboxylic acids is 1. The number of ketones is 1. The van der Waals surface area contributed by atoms with E-state index in [2.05, 4.69) is 18.3 Å². The Hall–Kier alpha value is -3.05. The summed E-state index contributed by atoms with van der Waals surface area (Å²) >= 11 is 1.66. The van der Waals surface area contributed by atoms with Crippen LogP contribution in [-0.2, 0) is 0 Å². The molecule has 4 nitrogen and oxygen atoms in total. The van der Waals surface area contributed by atoms with Gasteiger partial charge >= 0.3 is 0 Å². The lowest BCUT2D eigenvalue weighted by atomic mass is 10.1. The van der Waals surface area contributed by atoms with Gasteiger partial charge < -0.3 is 5.32 Å². The van der Waals surface area contributed by atoms with Gasteiger partial charge in [-0.15, -0.1) is 11.3 Å². The summed E-state index contributed by atoms with van der Waals surface area (Å²) in [6, 6.07) is 19.5. The summed E-state index contributed by atoms with van der Waals surface area (Å²) in [6.45, 7) is 3.64. The second kappa shape index (κ2) is 6.69. The zero-order valence-electron chi connectivity index (χ0n) is 14.5. The Labute approximate surface area is 155 Å². The molecule has 5 heteroatoms. The second-order valence-corrected chi connectivity index (χ2v) is 7.33. The van der Waals surface area contributed by atoms with Crippen LogP contribution in [0, 0.1) is 6.92 Å². The molecule has 0 aliphatic carbocycles. The van der Waals surface area contributed by atoms with Crippen molar-refractivity contribution in [2.24, 2.45) is 0 Å². The highest BCUT2D eigenvalue weighted by molar-refractivity contribution is 7.18. The first-order valence-electron chi connectivity index (χ1n) is 8.32. The van der Waals surface area contributed by atoms with Crippen molar-refractivity contribution in [2.75, 3.05) is 5.32 Å². The number of nitrogens with zero attached hydrogens (tertiary/aromatic N) is 2. The molecule has 0 unspecified atom stereocenters. The van der Waals surface area contributed by atoms with Crippen molar-refractivity contribution in [3.8, 4) is 11.4 Å². The predicted octanol–water partition coefficient (Wildman–Crippen LogP) is 5.61. The molecule has 0 atom stereocenters. The van der Waals surface area contributed by atoms with Gasteiger partial charge in [-0.3, -0.25) is 4.79 Å². The largest absolute Gasteiger partial charge is 0.340 e. The van der Waals surface area contributed by atoms with Crippen LogP contribution in [0.15, 0.2) is 60.7 Å². The van der Waals surface area contributed by atoms with E-state index in [1.165, 1.54) is 4.88 Å². The van der Waals surface area contributed by atoms with Crippen LogP contribution in [0.25, 0.3) is 21.6 Å². The maximum absolute atomic E-state index is 11.5. The highest BCUT2D eigenvalue weighted by Gasteiger charge is 2.12. The average molecular weight is 359 g/mol. The number of Topliss-reactive ketones (excluding diaryl/α,β-unsaturated/α-hetero) is 1. The summed E-state index contributed by atoms with van der Waals surface area (Å²) in [6.07, 6.45) is 0. The van der Waals surface area contributed by atoms with Crippen molar-refractivity contribution < 1.29 is 4.79 Å². The van der Waals surface area contributed by atoms with E-state index in [0.717, 1.165) is 27.3 Å². The number of thiophene rings is 1. The molecule has 2 aromatic heterocycles. The van der Waals surface area contributed by atoms with Gasteiger partial charge in [0.2, 0.25) is 0 Å². The van der Waals surface area contributed by atoms with Gasteiger partial charge in [0.05, 0.1) is 5.39 Å². The van der Waals surface area contributed by atoms with E-state index in [9.17, 15) is 4.79 Å². The fourth-order valence-electron chi connectivity index (χ4n) is 2.78. The minimum Gasteiger partial charge on any atom is -0.340 e. The fraction of sp³-hybridized carbons (Fsp3) is 0.0952. The summed E-state index contributed by atoms with van der Waals surface area (Å²) in [7, 11) is 0. The summed E-state index contributed by atoms with van der Waals surface area (Å²) in [5.74, 6) is 1.53. The first-order chi connectivity index (χ1) is 12.6. The lowest BCUT2D eigenvalue weighted by molar-refractivity contribution is 0.101. The Morgan fingerprint density at radius 3 is 2.42 bits per heavy atom. The van der Waals surface area contributed by atoms with Crippen molar-refractivity contribution >= 4 is 38.8 Å². The molecule has 2 aromatic carbocycles. The van der Waals surface area contributed by atoms with Gasteiger partial charge in [-0.05, 0) is 44.2 Å². The van der Waals surface area contributed by atoms with Crippen molar-refractivity contribution in [3.05, 3.63) is 71.1 Å². The van der Waals surface area contributed by atoms with Crippen LogP contribution < -0.4 is 5.32 Å². The fourth-order valence-corrected chi connectivity index (χ4v) is 3.66. The highest BCUT2D eigenvalue weighted by Crippen LogP contribution is 2.32. The summed E-state index contributed by atoms with van der Waals surface area (Å²) in [5.41, 5.74) is 2.56. The molecule has 4 aromatic rings. The lowest BCUT2D eigenvalue weighted by Gasteiger charge is -2.09. The normalized spacial score (nSPS) is 10.8. The van der Waals surface area contributed by atoms with E-state index in [-0.39, 0.29) is 5.78 Å². The lowest BCUT2D eigenvalue weighted by Crippen LogP contribution is -1.99. The van der Waals surface area contributed by atoms with Crippen LogP contribution in [0.3, 0.4) is 0 Å². The number of aryl methyl sites for hydroxylation is 1. The van der Waals surface area contributed by atoms with Gasteiger partial charge in [0, 0.05) is 21.7 Å². The zero-order chi connectivity index (χ0) is 18.1. The Morgan fingerprint density at radius 1 is 1.00 bits per heavy atom. The zero-order valence-corrected chi connectivity index (χ0v) is 15.3. The number of nitrogens with one attached hydrogen (secondary N) is 1. The number of rotatable bonds is 4. The molecule has 0 fully saturated rings. The third-order valence-electron chi connectivity index (χ3n) is 4.10. The third kappa shape index (κ3) is 3.21. The topological polar surface area (TPSA) is 54.9 Å². The number of hydrogen-bond acceptors (Lipinski definition) is 5. The van der Waals surface area contributed by atoms with Crippen LogP contribution in [0.4, 0.5) is 11.5 Å². The Morgan fingerprint density at radius 2 is 1.73 bits per heavy atom. The van der Waals surface area contributed by atoms with Crippen molar-refractivity contribution in [1.82, 2.24) is 9.97 Å². The summed E-state index contributed by atoms with van der Waals surface area (Å²) < 4.78 is 0. The SMILES string of the molecule is CC(=O)c1ccc(Nc2nc(-c3ccccc3)nc3sc(C)cc23)cc1. The molecule has 2 heterocycles. The average Bonchev–Trinajstić information content (AvgIpc) is 3.03. The molecular weight excluding hydrogens is 342 g/mol. The van der Waals surface area contributed by atoms with Crippen LogP contribution >= 0.6 is 11.3 Å². The molecule has 0 radical (unpaired) electrons. The van der Waals surface area contributed by atoms with E-state index in [4.69, 9.17) is 9.97 Å². The minimum atomic E-state index is 0.0563. The molecule has 26 heavy (non-hydrogen) atoms. The number of fused-ring (bicyclic) bond motifs is 1. The van der Waals surface area contributed by atoms with Gasteiger partial charge in [-0.2, -0.15) is 0 Å². The third-order valence-corrected chi connectivity index (χ3v) is 5.05. The van der Waals surface area contributed by atoms with E-state index >= 15 is 0 Å². The van der Waals surface area contributed by atoms with Gasteiger partial charge in [0.15, 0.2) is 11.6 Å². The van der Waals surface area contributed by atoms with Gasteiger partial charge in [-0.25, -0.2) is 9.97 Å². The Kier molecular flexibility index (Phi) is 4.22. The maximum atomic E-state index is 11.5. The molecule has 0 saturated heterocycles. The summed E-state index contributed by atoms with van der Waals surface area (Å²) in [5, 5.41) is 4.38. The van der Waals surface area contributed by atoms with E-state index < -0.39 is 0 Å². The Balaban J connectivity index is 1.78. The highest BCUT2D eigenvalue weighted by atomic mass is 32.1. The molecule has 1 N–H and O–H groups in total. The quantitative estimate of drug-likeness (QED) is 0.481. The molecule has 0 saturated carbocycles. The molecule has 128 valence electrons. The van der Waals surface area contributed by atoms with E-state index in [1.54, 1.807) is 18.3 Å². The predicted molar refractivity (Wildman–Crippen MR) is 107 cm³/mol. The van der Waals surface area contributed by atoms with Crippen molar-refractivity contribution in [3.63, 3.8) is 0 Å². The van der Waals surface area contributed by atoms with Crippen molar-refractivity contribution in [1.29, 1.82) is 0 Å². The molecule has 4 rings (SSSR count). The maximum Gasteiger partial charge on any atom is 0.163 e. The van der Waals surface area contributed by atoms with Crippen LogP contribution in [-0.4, -0.2) is 15.8 Å². The van der Waals surface area contributed by atoms with Crippen LogP contribution in [0.1, 0.15) is 22.2 Å². The molecule has 0 amide bonds. The number of hydrogen-bond donors (Lipinski definition) is 1. The smallest absolute Gasteiger partial charge is 0.163 e. The van der Waals surface area contributed by atoms with Gasteiger partial charge in [0.25, 0.3) is 0 Å². The minimum absolute atomic E-state index is 0.0563. The van der Waals surface area contributed by atoms with Crippen molar-refractivity contribution in [2.45, 2.75) is 13.8 Å². The molecular formula is C21H17N3OS.